The first kappa shape index (κ1) is 16.9. The zero-order valence-electron chi connectivity index (χ0n) is 14.6. The molecule has 2 aromatic rings. The molecule has 0 N–H and O–H groups in total. The molecule has 2 aliphatic rings. The lowest BCUT2D eigenvalue weighted by Gasteiger charge is -2.28. The Balaban J connectivity index is 1.49. The van der Waals surface area contributed by atoms with E-state index in [4.69, 9.17) is 4.98 Å². The molecule has 0 atom stereocenters. The van der Waals surface area contributed by atoms with E-state index in [0.717, 1.165) is 50.6 Å². The second-order valence-corrected chi connectivity index (χ2v) is 7.86. The highest BCUT2D eigenvalue weighted by Crippen LogP contribution is 2.24. The second-order valence-electron chi connectivity index (χ2n) is 7.01. The van der Waals surface area contributed by atoms with Gasteiger partial charge in [-0.2, -0.15) is 0 Å². The smallest absolute Gasteiger partial charge is 0.173 e. The number of aliphatic imine (C=N–C) groups is 1. The fraction of sp³-hybridized carbons (Fsp3) is 0.450. The zero-order chi connectivity index (χ0) is 17.2. The van der Waals surface area contributed by atoms with Crippen LogP contribution in [0.3, 0.4) is 0 Å². The monoisotopic (exact) mass is 398 g/mol. The van der Waals surface area contributed by atoms with Gasteiger partial charge in [-0.3, -0.25) is 9.89 Å². The van der Waals surface area contributed by atoms with Gasteiger partial charge in [-0.15, -0.1) is 0 Å². The highest BCUT2D eigenvalue weighted by Gasteiger charge is 2.20. The maximum absolute atomic E-state index is 4.83. The summed E-state index contributed by atoms with van der Waals surface area (Å²) >= 11 is 3.69. The van der Waals surface area contributed by atoms with Crippen molar-refractivity contribution in [3.63, 3.8) is 0 Å². The molecule has 0 saturated carbocycles. The van der Waals surface area contributed by atoms with E-state index in [-0.39, 0.29) is 0 Å². The number of fused-ring (bicyclic) bond motifs is 1. The third-order valence-electron chi connectivity index (χ3n) is 5.00. The van der Waals surface area contributed by atoms with E-state index in [1.165, 1.54) is 39.7 Å². The quantitative estimate of drug-likeness (QED) is 0.781. The van der Waals surface area contributed by atoms with Crippen LogP contribution >= 0.6 is 15.9 Å². The molecule has 0 aliphatic carbocycles. The summed E-state index contributed by atoms with van der Waals surface area (Å²) in [6.07, 6.45) is 6.43. The van der Waals surface area contributed by atoms with Crippen LogP contribution in [0.5, 0.6) is 0 Å². The Morgan fingerprint density at radius 3 is 2.92 bits per heavy atom. The number of rotatable bonds is 3. The number of aryl methyl sites for hydroxylation is 1. The van der Waals surface area contributed by atoms with Crippen molar-refractivity contribution in [1.82, 2.24) is 14.9 Å². The van der Waals surface area contributed by atoms with Gasteiger partial charge in [0.05, 0.1) is 11.4 Å². The molecular weight excluding hydrogens is 376 g/mol. The predicted octanol–water partition coefficient (Wildman–Crippen LogP) is 4.08. The molecule has 0 amide bonds. The van der Waals surface area contributed by atoms with E-state index in [0.29, 0.717) is 0 Å². The fourth-order valence-electron chi connectivity index (χ4n) is 3.55. The van der Waals surface area contributed by atoms with Crippen molar-refractivity contribution in [2.24, 2.45) is 4.99 Å². The fourth-order valence-corrected chi connectivity index (χ4v) is 4.17. The van der Waals surface area contributed by atoms with Crippen LogP contribution in [0.4, 0.5) is 0 Å². The lowest BCUT2D eigenvalue weighted by molar-refractivity contribution is 0.242. The van der Waals surface area contributed by atoms with Crippen LogP contribution in [0.25, 0.3) is 0 Å². The summed E-state index contributed by atoms with van der Waals surface area (Å²) in [5.41, 5.74) is 6.18. The molecule has 1 aromatic heterocycles. The van der Waals surface area contributed by atoms with Crippen LogP contribution in [0, 0.1) is 6.92 Å². The van der Waals surface area contributed by atoms with E-state index in [1.807, 2.05) is 6.20 Å². The summed E-state index contributed by atoms with van der Waals surface area (Å²) in [5, 5.41) is 0. The van der Waals surface area contributed by atoms with Crippen molar-refractivity contribution >= 4 is 21.6 Å². The minimum Gasteiger partial charge on any atom is -0.294 e. The van der Waals surface area contributed by atoms with Crippen LogP contribution in [0.15, 0.2) is 33.9 Å². The van der Waals surface area contributed by atoms with Gasteiger partial charge in [0, 0.05) is 48.8 Å². The van der Waals surface area contributed by atoms with Crippen LogP contribution in [0.1, 0.15) is 47.5 Å². The summed E-state index contributed by atoms with van der Waals surface area (Å²) in [6.45, 7) is 5.96. The molecule has 3 heterocycles. The maximum atomic E-state index is 4.83. The molecule has 0 unspecified atom stereocenters. The Bertz CT molecular complexity index is 815. The summed E-state index contributed by atoms with van der Waals surface area (Å²) in [7, 11) is 0. The maximum Gasteiger partial charge on any atom is 0.173 e. The molecule has 5 heteroatoms. The van der Waals surface area contributed by atoms with Crippen molar-refractivity contribution in [3.05, 3.63) is 57.1 Å². The number of nitrogens with zero attached hydrogens (tertiary/aromatic N) is 4. The van der Waals surface area contributed by atoms with Gasteiger partial charge in [0.15, 0.2) is 5.82 Å². The third kappa shape index (κ3) is 3.82. The third-order valence-corrected chi connectivity index (χ3v) is 5.74. The van der Waals surface area contributed by atoms with Crippen molar-refractivity contribution in [1.29, 1.82) is 0 Å². The molecule has 0 saturated heterocycles. The first-order valence-corrected chi connectivity index (χ1v) is 9.84. The summed E-state index contributed by atoms with van der Waals surface area (Å²) in [6, 6.07) is 6.58. The molecular formula is C20H23BrN4. The van der Waals surface area contributed by atoms with E-state index in [9.17, 15) is 0 Å². The molecule has 130 valence electrons. The normalized spacial score (nSPS) is 17.9. The van der Waals surface area contributed by atoms with Gasteiger partial charge in [-0.05, 0) is 43.4 Å². The van der Waals surface area contributed by atoms with Crippen LogP contribution in [-0.4, -0.2) is 33.7 Å². The Labute approximate surface area is 157 Å². The number of aromatic nitrogens is 2. The van der Waals surface area contributed by atoms with Gasteiger partial charge >= 0.3 is 0 Å². The molecule has 1 aromatic carbocycles. The average molecular weight is 399 g/mol. The van der Waals surface area contributed by atoms with Gasteiger partial charge in [-0.1, -0.05) is 28.1 Å². The Morgan fingerprint density at radius 1 is 1.20 bits per heavy atom. The van der Waals surface area contributed by atoms with E-state index >= 15 is 0 Å². The molecule has 25 heavy (non-hydrogen) atoms. The average Bonchev–Trinajstić information content (AvgIpc) is 2.64. The molecule has 0 fully saturated rings. The highest BCUT2D eigenvalue weighted by atomic mass is 79.9. The standard InChI is InChI=1S/C20H23BrN4/c1-14-5-6-15(17(21)10-14)12-25-9-7-18-16(13-25)11-23-20(24-18)19-4-2-3-8-22-19/h5-6,10-11H,2-4,7-9,12-13H2,1H3. The summed E-state index contributed by atoms with van der Waals surface area (Å²) in [4.78, 5) is 16.5. The first-order chi connectivity index (χ1) is 12.2. The zero-order valence-corrected chi connectivity index (χ0v) is 16.2. The molecule has 4 nitrogen and oxygen atoms in total. The molecule has 2 aliphatic heterocycles. The minimum absolute atomic E-state index is 0.855. The van der Waals surface area contributed by atoms with Gasteiger partial charge in [0.25, 0.3) is 0 Å². The predicted molar refractivity (Wildman–Crippen MR) is 104 cm³/mol. The Kier molecular flexibility index (Phi) is 4.95. The van der Waals surface area contributed by atoms with Gasteiger partial charge in [0.2, 0.25) is 0 Å². The van der Waals surface area contributed by atoms with Crippen molar-refractivity contribution in [2.45, 2.75) is 45.7 Å². The molecule has 0 bridgehead atoms. The van der Waals surface area contributed by atoms with Crippen molar-refractivity contribution < 1.29 is 0 Å². The first-order valence-electron chi connectivity index (χ1n) is 9.05. The van der Waals surface area contributed by atoms with E-state index in [1.54, 1.807) is 0 Å². The SMILES string of the molecule is Cc1ccc(CN2CCc3nc(C4=NCCCC4)ncc3C2)c(Br)c1. The number of benzene rings is 1. The van der Waals surface area contributed by atoms with Crippen LogP contribution < -0.4 is 0 Å². The number of hydrogen-bond acceptors (Lipinski definition) is 4. The largest absolute Gasteiger partial charge is 0.294 e. The van der Waals surface area contributed by atoms with Crippen LogP contribution in [-0.2, 0) is 19.5 Å². The van der Waals surface area contributed by atoms with Crippen molar-refractivity contribution in [2.75, 3.05) is 13.1 Å². The molecule has 0 spiro atoms. The van der Waals surface area contributed by atoms with Gasteiger partial charge < -0.3 is 0 Å². The summed E-state index contributed by atoms with van der Waals surface area (Å²) in [5.74, 6) is 0.855. The van der Waals surface area contributed by atoms with E-state index in [2.05, 4.69) is 55.9 Å². The molecule has 4 rings (SSSR count). The van der Waals surface area contributed by atoms with Crippen molar-refractivity contribution in [3.8, 4) is 0 Å². The highest BCUT2D eigenvalue weighted by molar-refractivity contribution is 9.10. The topological polar surface area (TPSA) is 41.4 Å². The minimum atomic E-state index is 0.855. The second kappa shape index (κ2) is 7.34. The molecule has 0 radical (unpaired) electrons. The lowest BCUT2D eigenvalue weighted by atomic mass is 10.0. The van der Waals surface area contributed by atoms with E-state index < -0.39 is 0 Å². The Hall–Kier alpha value is -1.59. The summed E-state index contributed by atoms with van der Waals surface area (Å²) < 4.78 is 1.19. The van der Waals surface area contributed by atoms with Gasteiger partial charge in [0.1, 0.15) is 0 Å². The number of hydrogen-bond donors (Lipinski definition) is 0. The number of halogens is 1. The van der Waals surface area contributed by atoms with Crippen LogP contribution in [0.2, 0.25) is 0 Å². The lowest BCUT2D eigenvalue weighted by Crippen LogP contribution is -2.31. The van der Waals surface area contributed by atoms with Gasteiger partial charge in [-0.25, -0.2) is 9.97 Å². The Morgan fingerprint density at radius 2 is 2.12 bits per heavy atom.